The first-order valence-corrected chi connectivity index (χ1v) is 6.25. The predicted octanol–water partition coefficient (Wildman–Crippen LogP) is 2.64. The number of hydrogen-bond donors (Lipinski definition) is 2. The first-order valence-electron chi connectivity index (χ1n) is 6.25. The van der Waals surface area contributed by atoms with Crippen LogP contribution in [0.15, 0.2) is 24.3 Å². The fraction of sp³-hybridized carbons (Fsp3) is 0.357. The maximum atomic E-state index is 9.13. The molecule has 0 unspecified atom stereocenters. The fourth-order valence-electron chi connectivity index (χ4n) is 1.81. The van der Waals surface area contributed by atoms with Crippen molar-refractivity contribution in [1.29, 1.82) is 0 Å². The summed E-state index contributed by atoms with van der Waals surface area (Å²) in [6.45, 7) is 5.87. The summed E-state index contributed by atoms with van der Waals surface area (Å²) in [4.78, 5) is 0. The van der Waals surface area contributed by atoms with Crippen LogP contribution in [0.4, 0.5) is 5.69 Å². The molecule has 0 aliphatic carbocycles. The molecule has 0 spiro atoms. The lowest BCUT2D eigenvalue weighted by Gasteiger charge is -2.12. The van der Waals surface area contributed by atoms with Crippen LogP contribution in [0.25, 0.3) is 0 Å². The van der Waals surface area contributed by atoms with Crippen LogP contribution in [-0.2, 0) is 6.61 Å². The van der Waals surface area contributed by atoms with Gasteiger partial charge in [0.1, 0.15) is 11.4 Å². The number of ether oxygens (including phenoxy) is 1. The van der Waals surface area contributed by atoms with Crippen LogP contribution >= 0.6 is 0 Å². The summed E-state index contributed by atoms with van der Waals surface area (Å²) >= 11 is 0. The van der Waals surface area contributed by atoms with Crippen molar-refractivity contribution in [2.24, 2.45) is 0 Å². The number of hydrogen-bond acceptors (Lipinski definition) is 4. The van der Waals surface area contributed by atoms with Crippen LogP contribution in [-0.4, -0.2) is 14.9 Å². The average molecular weight is 261 g/mol. The van der Waals surface area contributed by atoms with Crippen LogP contribution in [0.2, 0.25) is 0 Å². The average Bonchev–Trinajstić information content (AvgIpc) is 2.67. The van der Waals surface area contributed by atoms with E-state index in [4.69, 9.17) is 15.6 Å². The van der Waals surface area contributed by atoms with Gasteiger partial charge in [0.15, 0.2) is 0 Å². The second-order valence-corrected chi connectivity index (χ2v) is 4.75. The van der Waals surface area contributed by atoms with Gasteiger partial charge in [-0.1, -0.05) is 12.1 Å². The molecule has 0 radical (unpaired) electrons. The molecule has 0 bridgehead atoms. The van der Waals surface area contributed by atoms with Gasteiger partial charge in [0.05, 0.1) is 18.3 Å². The molecular weight excluding hydrogens is 242 g/mol. The molecule has 5 nitrogen and oxygen atoms in total. The van der Waals surface area contributed by atoms with Gasteiger partial charge in [-0.3, -0.25) is 0 Å². The smallest absolute Gasteiger partial charge is 0.241 e. The molecule has 102 valence electrons. The minimum Gasteiger partial charge on any atom is -0.437 e. The lowest BCUT2D eigenvalue weighted by molar-refractivity contribution is 0.281. The van der Waals surface area contributed by atoms with Crippen molar-refractivity contribution < 1.29 is 9.84 Å². The summed E-state index contributed by atoms with van der Waals surface area (Å²) in [6, 6.07) is 7.44. The molecule has 0 fully saturated rings. The molecule has 3 N–H and O–H groups in total. The minimum absolute atomic E-state index is 0.0187. The topological polar surface area (TPSA) is 73.3 Å². The van der Waals surface area contributed by atoms with Gasteiger partial charge in [0, 0.05) is 0 Å². The fourth-order valence-corrected chi connectivity index (χ4v) is 1.81. The van der Waals surface area contributed by atoms with E-state index in [0.717, 1.165) is 11.3 Å². The Labute approximate surface area is 112 Å². The zero-order valence-corrected chi connectivity index (χ0v) is 11.4. The van der Waals surface area contributed by atoms with Gasteiger partial charge in [0.25, 0.3) is 0 Å². The number of nitrogens with zero attached hydrogens (tertiary/aromatic N) is 2. The Morgan fingerprint density at radius 2 is 2.16 bits per heavy atom. The highest BCUT2D eigenvalue weighted by molar-refractivity contribution is 5.54. The van der Waals surface area contributed by atoms with E-state index in [-0.39, 0.29) is 12.6 Å². The van der Waals surface area contributed by atoms with Crippen molar-refractivity contribution in [2.45, 2.75) is 33.4 Å². The zero-order chi connectivity index (χ0) is 14.0. The first-order chi connectivity index (χ1) is 9.02. The van der Waals surface area contributed by atoms with Gasteiger partial charge in [-0.15, -0.1) is 0 Å². The Morgan fingerprint density at radius 3 is 2.79 bits per heavy atom. The quantitative estimate of drug-likeness (QED) is 0.887. The molecule has 5 heteroatoms. The van der Waals surface area contributed by atoms with E-state index in [0.29, 0.717) is 17.3 Å². The third-order valence-electron chi connectivity index (χ3n) is 2.87. The molecule has 1 aromatic heterocycles. The molecule has 0 saturated heterocycles. The number of aliphatic hydroxyl groups excluding tert-OH is 1. The van der Waals surface area contributed by atoms with Gasteiger partial charge in [-0.2, -0.15) is 5.10 Å². The molecule has 0 aliphatic rings. The number of aromatic nitrogens is 2. The SMILES string of the molecule is Cc1nn(C(C)C)c(Oc2cccc(CO)c2)c1N. The van der Waals surface area contributed by atoms with Gasteiger partial charge in [-0.05, 0) is 38.5 Å². The maximum absolute atomic E-state index is 9.13. The van der Waals surface area contributed by atoms with Gasteiger partial charge < -0.3 is 15.6 Å². The molecule has 0 amide bonds. The predicted molar refractivity (Wildman–Crippen MR) is 74.2 cm³/mol. The zero-order valence-electron chi connectivity index (χ0n) is 11.4. The molecule has 2 aromatic rings. The Hall–Kier alpha value is -2.01. The molecule has 0 saturated carbocycles. The normalized spacial score (nSPS) is 11.0. The molecule has 0 atom stereocenters. The number of nitrogens with two attached hydrogens (primary N) is 1. The highest BCUT2D eigenvalue weighted by atomic mass is 16.5. The van der Waals surface area contributed by atoms with E-state index in [1.165, 1.54) is 0 Å². The summed E-state index contributed by atoms with van der Waals surface area (Å²) in [5.74, 6) is 1.18. The van der Waals surface area contributed by atoms with Gasteiger partial charge in [-0.25, -0.2) is 4.68 Å². The molecule has 1 aromatic carbocycles. The summed E-state index contributed by atoms with van der Waals surface area (Å²) in [5, 5.41) is 13.5. The van der Waals surface area contributed by atoms with Crippen molar-refractivity contribution in [3.05, 3.63) is 35.5 Å². The van der Waals surface area contributed by atoms with Gasteiger partial charge >= 0.3 is 0 Å². The van der Waals surface area contributed by atoms with E-state index < -0.39 is 0 Å². The monoisotopic (exact) mass is 261 g/mol. The number of nitrogen functional groups attached to an aromatic ring is 1. The number of aliphatic hydroxyl groups is 1. The summed E-state index contributed by atoms with van der Waals surface area (Å²) in [7, 11) is 0. The molecule has 2 rings (SSSR count). The van der Waals surface area contributed by atoms with E-state index >= 15 is 0 Å². The van der Waals surface area contributed by atoms with Crippen molar-refractivity contribution in [2.75, 3.05) is 5.73 Å². The summed E-state index contributed by atoms with van der Waals surface area (Å²) in [6.07, 6.45) is 0. The third-order valence-corrected chi connectivity index (χ3v) is 2.87. The second-order valence-electron chi connectivity index (χ2n) is 4.75. The van der Waals surface area contributed by atoms with Crippen molar-refractivity contribution in [1.82, 2.24) is 9.78 Å². The van der Waals surface area contributed by atoms with E-state index in [1.807, 2.05) is 39.0 Å². The van der Waals surface area contributed by atoms with Crippen LogP contribution < -0.4 is 10.5 Å². The molecule has 19 heavy (non-hydrogen) atoms. The largest absolute Gasteiger partial charge is 0.437 e. The van der Waals surface area contributed by atoms with E-state index in [2.05, 4.69) is 5.10 Å². The summed E-state index contributed by atoms with van der Waals surface area (Å²) in [5.41, 5.74) is 8.09. The highest BCUT2D eigenvalue weighted by Crippen LogP contribution is 2.32. The van der Waals surface area contributed by atoms with Gasteiger partial charge in [0.2, 0.25) is 5.88 Å². The maximum Gasteiger partial charge on any atom is 0.241 e. The van der Waals surface area contributed by atoms with Crippen LogP contribution in [0.1, 0.15) is 31.1 Å². The lowest BCUT2D eigenvalue weighted by Crippen LogP contribution is -2.05. The third kappa shape index (κ3) is 2.71. The number of aryl methyl sites for hydroxylation is 1. The second kappa shape index (κ2) is 5.32. The Bertz CT molecular complexity index is 576. The number of benzene rings is 1. The Balaban J connectivity index is 2.37. The van der Waals surface area contributed by atoms with Crippen molar-refractivity contribution >= 4 is 5.69 Å². The van der Waals surface area contributed by atoms with E-state index in [9.17, 15) is 0 Å². The first kappa shape index (κ1) is 13.4. The highest BCUT2D eigenvalue weighted by Gasteiger charge is 2.16. The lowest BCUT2D eigenvalue weighted by atomic mass is 10.2. The van der Waals surface area contributed by atoms with E-state index in [1.54, 1.807) is 10.7 Å². The van der Waals surface area contributed by atoms with Crippen LogP contribution in [0.3, 0.4) is 0 Å². The van der Waals surface area contributed by atoms with Crippen LogP contribution in [0.5, 0.6) is 11.6 Å². The van der Waals surface area contributed by atoms with Crippen molar-refractivity contribution in [3.8, 4) is 11.6 Å². The standard InChI is InChI=1S/C14H19N3O2/c1-9(2)17-14(13(15)10(3)16-17)19-12-6-4-5-11(7-12)8-18/h4-7,9,18H,8,15H2,1-3H3. The summed E-state index contributed by atoms with van der Waals surface area (Å²) < 4.78 is 7.59. The van der Waals surface area contributed by atoms with Crippen molar-refractivity contribution in [3.63, 3.8) is 0 Å². The number of rotatable bonds is 4. The number of anilines is 1. The Kier molecular flexibility index (Phi) is 3.76. The molecule has 1 heterocycles. The minimum atomic E-state index is -0.0187. The Morgan fingerprint density at radius 1 is 1.42 bits per heavy atom. The molecule has 0 aliphatic heterocycles. The molecular formula is C14H19N3O2. The van der Waals surface area contributed by atoms with Crippen LogP contribution in [0, 0.1) is 6.92 Å².